The quantitative estimate of drug-likeness (QED) is 0.148. The molecule has 2 aliphatic carbocycles. The van der Waals surface area contributed by atoms with Gasteiger partial charge in [0.1, 0.15) is 11.5 Å². The molecule has 0 bridgehead atoms. The summed E-state index contributed by atoms with van der Waals surface area (Å²) in [6.07, 6.45) is 0. The zero-order valence-corrected chi connectivity index (χ0v) is 57.3. The lowest BCUT2D eigenvalue weighted by Crippen LogP contribution is -2.64. The second-order valence-corrected chi connectivity index (χ2v) is 30.2. The molecular weight excluding hydrogens is 1210 g/mol. The summed E-state index contributed by atoms with van der Waals surface area (Å²) in [5, 5.41) is 0. The zero-order valence-electron chi connectivity index (χ0n) is 57.3. The summed E-state index contributed by atoms with van der Waals surface area (Å²) >= 11 is 0. The molecule has 4 heterocycles. The molecule has 4 aliphatic heterocycles. The van der Waals surface area contributed by atoms with Crippen LogP contribution < -0.4 is 52.2 Å². The van der Waals surface area contributed by atoms with Crippen LogP contribution in [-0.2, 0) is 16.2 Å². The Morgan fingerprint density at radius 2 is 0.700 bits per heavy atom. The number of para-hydroxylation sites is 4. The van der Waals surface area contributed by atoms with E-state index in [4.69, 9.17) is 4.74 Å². The van der Waals surface area contributed by atoms with Crippen molar-refractivity contribution in [2.75, 3.05) is 14.7 Å². The molecule has 14 aromatic rings. The van der Waals surface area contributed by atoms with Gasteiger partial charge in [-0.1, -0.05) is 273 Å². The minimum Gasteiger partial charge on any atom is -0.458 e. The molecule has 6 heteroatoms. The van der Waals surface area contributed by atoms with Gasteiger partial charge in [0.2, 0.25) is 0 Å². The number of hydrogen-bond acceptors (Lipinski definition) is 4. The van der Waals surface area contributed by atoms with E-state index >= 15 is 0 Å². The van der Waals surface area contributed by atoms with Crippen LogP contribution in [0.2, 0.25) is 0 Å². The number of anilines is 9. The topological polar surface area (TPSA) is 19.0 Å². The Hall–Kier alpha value is -11.6. The fourth-order valence-corrected chi connectivity index (χ4v) is 18.6. The molecule has 100 heavy (non-hydrogen) atoms. The largest absolute Gasteiger partial charge is 0.458 e. The fourth-order valence-electron chi connectivity index (χ4n) is 18.6. The van der Waals surface area contributed by atoms with Crippen LogP contribution in [0, 0.1) is 0 Å². The number of fused-ring (bicyclic) bond motifs is 14. The van der Waals surface area contributed by atoms with Gasteiger partial charge >= 0.3 is 0 Å². The lowest BCUT2D eigenvalue weighted by atomic mass is 9.30. The van der Waals surface area contributed by atoms with E-state index in [9.17, 15) is 0 Å². The second-order valence-electron chi connectivity index (χ2n) is 30.2. The van der Waals surface area contributed by atoms with E-state index in [-0.39, 0.29) is 29.7 Å². The number of ether oxygens (including phenoxy) is 1. The molecule has 0 unspecified atom stereocenters. The monoisotopic (exact) mass is 1280 g/mol. The van der Waals surface area contributed by atoms with Crippen molar-refractivity contribution in [3.05, 3.63) is 331 Å². The van der Waals surface area contributed by atoms with Gasteiger partial charge in [-0.05, 0) is 194 Å². The maximum Gasteiger partial charge on any atom is 0.256 e. The first kappa shape index (κ1) is 58.6. The Bertz CT molecular complexity index is 5710. The van der Waals surface area contributed by atoms with Gasteiger partial charge in [0, 0.05) is 73.5 Å². The highest BCUT2D eigenvalue weighted by Crippen LogP contribution is 2.58. The second kappa shape index (κ2) is 21.5. The van der Waals surface area contributed by atoms with E-state index in [1.54, 1.807) is 0 Å². The molecule has 20 rings (SSSR count). The van der Waals surface area contributed by atoms with Gasteiger partial charge in [-0.3, -0.25) is 0 Å². The maximum atomic E-state index is 8.04. The smallest absolute Gasteiger partial charge is 0.256 e. The normalized spacial score (nSPS) is 14.7. The third kappa shape index (κ3) is 8.37. The lowest BCUT2D eigenvalue weighted by molar-refractivity contribution is 0.488. The van der Waals surface area contributed by atoms with E-state index < -0.39 is 0 Å². The molecule has 0 aromatic heterocycles. The van der Waals surface area contributed by atoms with E-state index in [1.165, 1.54) is 94.2 Å². The van der Waals surface area contributed by atoms with E-state index in [0.717, 1.165) is 95.8 Å². The first-order chi connectivity index (χ1) is 48.8. The summed E-state index contributed by atoms with van der Waals surface area (Å²) in [6, 6.07) is 115. The Balaban J connectivity index is 0.920. The van der Waals surface area contributed by atoms with Crippen LogP contribution >= 0.6 is 0 Å². The predicted octanol–water partition coefficient (Wildman–Crippen LogP) is 20.8. The minimum atomic E-state index is -0.288. The molecule has 0 N–H and O–H groups in total. The summed E-state index contributed by atoms with van der Waals surface area (Å²) in [4.78, 5) is 7.77. The van der Waals surface area contributed by atoms with E-state index in [0.29, 0.717) is 0 Å². The van der Waals surface area contributed by atoms with Crippen LogP contribution in [0.15, 0.2) is 303 Å². The van der Waals surface area contributed by atoms with Crippen molar-refractivity contribution in [3.8, 4) is 78.3 Å². The molecule has 474 valence electrons. The highest BCUT2D eigenvalue weighted by atomic mass is 16.5. The SMILES string of the molecule is CC(C)(C)c1cc(-c2ccccc2)c(N2c3cc4c(cc3B3c5ccccc5N(c5ccccc5)c5cc(-c6cccc7c6C(C)(C)c6ccccc6-7)cc2c53)B2c3ccccc3N(c3ccccc3)c3cc(-c5cccc6c5C(C)(C)c5ccccc5-6)cc(c32)O4)c(-c2ccccc2)c1. The molecule has 14 aromatic carbocycles. The van der Waals surface area contributed by atoms with Gasteiger partial charge in [0.05, 0.1) is 5.69 Å². The predicted molar refractivity (Wildman–Crippen MR) is 422 cm³/mol. The van der Waals surface area contributed by atoms with Crippen molar-refractivity contribution in [2.45, 2.75) is 64.7 Å². The van der Waals surface area contributed by atoms with Crippen molar-refractivity contribution < 1.29 is 4.74 Å². The summed E-state index contributed by atoms with van der Waals surface area (Å²) in [6.45, 7) is 16.3. The zero-order chi connectivity index (χ0) is 67.1. The van der Waals surface area contributed by atoms with Gasteiger partial charge < -0.3 is 19.4 Å². The highest BCUT2D eigenvalue weighted by molar-refractivity contribution is 7.02. The van der Waals surface area contributed by atoms with Crippen LogP contribution in [0.4, 0.5) is 51.2 Å². The molecule has 0 spiro atoms. The van der Waals surface area contributed by atoms with Crippen molar-refractivity contribution in [1.29, 1.82) is 0 Å². The molecule has 0 radical (unpaired) electrons. The van der Waals surface area contributed by atoms with Gasteiger partial charge in [-0.2, -0.15) is 0 Å². The minimum absolute atomic E-state index is 0.193. The van der Waals surface area contributed by atoms with Gasteiger partial charge in [0.15, 0.2) is 0 Å². The van der Waals surface area contributed by atoms with E-state index in [2.05, 4.69) is 366 Å². The first-order valence-electron chi connectivity index (χ1n) is 35.5. The van der Waals surface area contributed by atoms with Crippen molar-refractivity contribution >= 4 is 97.4 Å². The summed E-state index contributed by atoms with van der Waals surface area (Å²) < 4.78 is 8.04. The lowest BCUT2D eigenvalue weighted by Gasteiger charge is -2.46. The average molecular weight is 1280 g/mol. The fraction of sp³-hybridized carbons (Fsp3) is 0.106. The number of nitrogens with zero attached hydrogens (tertiary/aromatic N) is 3. The van der Waals surface area contributed by atoms with Crippen molar-refractivity contribution in [1.82, 2.24) is 0 Å². The van der Waals surface area contributed by atoms with Crippen LogP contribution in [0.5, 0.6) is 11.5 Å². The molecule has 0 amide bonds. The van der Waals surface area contributed by atoms with Crippen LogP contribution in [0.1, 0.15) is 76.3 Å². The van der Waals surface area contributed by atoms with Crippen molar-refractivity contribution in [3.63, 3.8) is 0 Å². The van der Waals surface area contributed by atoms with Crippen LogP contribution in [0.25, 0.3) is 66.8 Å². The van der Waals surface area contributed by atoms with Crippen molar-refractivity contribution in [2.24, 2.45) is 0 Å². The molecule has 4 nitrogen and oxygen atoms in total. The Morgan fingerprint density at radius 1 is 0.290 bits per heavy atom. The molecule has 0 saturated heterocycles. The number of benzene rings is 14. The maximum absolute atomic E-state index is 8.04. The Morgan fingerprint density at radius 3 is 1.21 bits per heavy atom. The molecule has 6 aliphatic rings. The molecule has 0 saturated carbocycles. The molecule has 0 atom stereocenters. The molecular formula is C94H71B2N3O. The van der Waals surface area contributed by atoms with Gasteiger partial charge in [0.25, 0.3) is 13.4 Å². The van der Waals surface area contributed by atoms with Gasteiger partial charge in [-0.15, -0.1) is 0 Å². The first-order valence-corrected chi connectivity index (χ1v) is 35.5. The number of hydrogen-bond donors (Lipinski definition) is 0. The third-order valence-corrected chi connectivity index (χ3v) is 23.0. The summed E-state index contributed by atoms with van der Waals surface area (Å²) in [5.74, 6) is 1.72. The Labute approximate surface area is 587 Å². The van der Waals surface area contributed by atoms with Crippen LogP contribution in [-0.4, -0.2) is 13.4 Å². The molecule has 0 fully saturated rings. The van der Waals surface area contributed by atoms with E-state index in [1.807, 2.05) is 0 Å². The highest BCUT2D eigenvalue weighted by Gasteiger charge is 2.50. The van der Waals surface area contributed by atoms with Crippen LogP contribution in [0.3, 0.4) is 0 Å². The Kier molecular flexibility index (Phi) is 12.6. The average Bonchev–Trinajstić information content (AvgIpc) is 0.874. The number of rotatable bonds is 7. The van der Waals surface area contributed by atoms with Gasteiger partial charge in [-0.25, -0.2) is 0 Å². The third-order valence-electron chi connectivity index (χ3n) is 23.0. The standard InChI is InChI=1S/C94H71B2N3O/c1-92(2,3)62-54-71(58-30-12-8-13-31-58)91(72(55-62)59-32-14-9-15-33-59)99-81-57-85-78(96-76-47-25-27-49-80(76)98(64-36-18-11-19-37-64)84-52-61(53-86(100-85)90(84)96)66-41-29-43-70-68-39-21-23-45-74(68)94(6,7)88(66)70)56-77(81)95-75-46-24-26-48-79(75)97(63-34-16-10-17-35-63)82-50-60(51-83(99)89(82)95)65-40-28-42-69-67-38-20-22-44-73(67)93(4,5)87(65)69/h8-57H,1-7H3. The summed E-state index contributed by atoms with van der Waals surface area (Å²) in [5.41, 5.74) is 37.9. The summed E-state index contributed by atoms with van der Waals surface area (Å²) in [7, 11) is 0.